The molecule has 1 rings (SSSR count). The fourth-order valence-corrected chi connectivity index (χ4v) is 0.731. The molecule has 4 N–H and O–H groups in total. The predicted molar refractivity (Wildman–Crippen MR) is 48.4 cm³/mol. The first-order valence-electron chi connectivity index (χ1n) is 3.56. The zero-order valence-corrected chi connectivity index (χ0v) is 6.77. The Balaban J connectivity index is 2.59. The highest BCUT2D eigenvalue weighted by molar-refractivity contribution is 5.81. The standard InChI is InChI=1S/C8H9N3O2/c9-8(13)11-10-5-6-1-3-7(12)4-2-6/h1-5,12H,(H3,9,11,13). The van der Waals surface area contributed by atoms with Crippen molar-refractivity contribution in [3.63, 3.8) is 0 Å². The first-order valence-corrected chi connectivity index (χ1v) is 3.56. The van der Waals surface area contributed by atoms with Crippen molar-refractivity contribution in [3.8, 4) is 5.75 Å². The molecule has 0 fully saturated rings. The molecule has 0 atom stereocenters. The van der Waals surface area contributed by atoms with Crippen molar-refractivity contribution in [1.29, 1.82) is 0 Å². The Morgan fingerprint density at radius 2 is 2.08 bits per heavy atom. The number of phenolic OH excluding ortho intramolecular Hbond substituents is 1. The van der Waals surface area contributed by atoms with E-state index >= 15 is 0 Å². The number of carbonyl (C=O) groups is 1. The lowest BCUT2D eigenvalue weighted by Crippen LogP contribution is -2.24. The maximum atomic E-state index is 10.2. The van der Waals surface area contributed by atoms with Crippen molar-refractivity contribution < 1.29 is 9.90 Å². The van der Waals surface area contributed by atoms with Crippen LogP contribution in [0.5, 0.6) is 5.75 Å². The van der Waals surface area contributed by atoms with Crippen LogP contribution < -0.4 is 11.2 Å². The van der Waals surface area contributed by atoms with Gasteiger partial charge < -0.3 is 10.8 Å². The van der Waals surface area contributed by atoms with Crippen LogP contribution in [0, 0.1) is 0 Å². The molecule has 0 spiro atoms. The van der Waals surface area contributed by atoms with Crippen molar-refractivity contribution in [2.45, 2.75) is 0 Å². The van der Waals surface area contributed by atoms with Crippen LogP contribution in [-0.2, 0) is 0 Å². The lowest BCUT2D eigenvalue weighted by atomic mass is 10.2. The predicted octanol–water partition coefficient (Wildman–Crippen LogP) is 0.394. The molecule has 0 aliphatic heterocycles. The van der Waals surface area contributed by atoms with Gasteiger partial charge in [-0.1, -0.05) is 0 Å². The summed E-state index contributed by atoms with van der Waals surface area (Å²) in [5.41, 5.74) is 7.59. The Kier molecular flexibility index (Phi) is 2.86. The lowest BCUT2D eigenvalue weighted by molar-refractivity contribution is 0.249. The van der Waals surface area contributed by atoms with Gasteiger partial charge in [0.05, 0.1) is 6.21 Å². The molecule has 2 amide bonds. The fraction of sp³-hybridized carbons (Fsp3) is 0. The van der Waals surface area contributed by atoms with Crippen LogP contribution in [0.25, 0.3) is 0 Å². The number of nitrogens with one attached hydrogen (secondary N) is 1. The number of urea groups is 1. The zero-order chi connectivity index (χ0) is 9.68. The number of hydrazone groups is 1. The second kappa shape index (κ2) is 4.10. The Bertz CT molecular complexity index is 319. The van der Waals surface area contributed by atoms with Crippen molar-refractivity contribution in [3.05, 3.63) is 29.8 Å². The Labute approximate surface area is 74.9 Å². The molecular formula is C8H9N3O2. The van der Waals surface area contributed by atoms with Crippen LogP contribution in [-0.4, -0.2) is 17.4 Å². The van der Waals surface area contributed by atoms with E-state index in [1.807, 2.05) is 0 Å². The number of carbonyl (C=O) groups excluding carboxylic acids is 1. The molecule has 0 saturated heterocycles. The summed E-state index contributed by atoms with van der Waals surface area (Å²) in [5.74, 6) is 0.181. The number of hydrogen-bond acceptors (Lipinski definition) is 3. The van der Waals surface area contributed by atoms with Crippen LogP contribution in [0.15, 0.2) is 29.4 Å². The largest absolute Gasteiger partial charge is 0.508 e. The number of nitrogens with two attached hydrogens (primary N) is 1. The van der Waals surface area contributed by atoms with E-state index in [-0.39, 0.29) is 5.75 Å². The summed E-state index contributed by atoms with van der Waals surface area (Å²) in [7, 11) is 0. The van der Waals surface area contributed by atoms with Gasteiger partial charge in [0, 0.05) is 0 Å². The third-order valence-electron chi connectivity index (χ3n) is 1.28. The minimum Gasteiger partial charge on any atom is -0.508 e. The number of nitrogens with zero attached hydrogens (tertiary/aromatic N) is 1. The van der Waals surface area contributed by atoms with Crippen molar-refractivity contribution in [2.24, 2.45) is 10.8 Å². The van der Waals surface area contributed by atoms with E-state index in [1.54, 1.807) is 12.1 Å². The summed E-state index contributed by atoms with van der Waals surface area (Å²) < 4.78 is 0. The molecule has 68 valence electrons. The number of aromatic hydroxyl groups is 1. The topological polar surface area (TPSA) is 87.7 Å². The fourth-order valence-electron chi connectivity index (χ4n) is 0.731. The van der Waals surface area contributed by atoms with Gasteiger partial charge in [0.15, 0.2) is 0 Å². The van der Waals surface area contributed by atoms with Crippen molar-refractivity contribution in [2.75, 3.05) is 0 Å². The maximum Gasteiger partial charge on any atom is 0.332 e. The molecule has 0 radical (unpaired) electrons. The Hall–Kier alpha value is -2.04. The molecule has 0 unspecified atom stereocenters. The van der Waals surface area contributed by atoms with E-state index in [4.69, 9.17) is 10.8 Å². The van der Waals surface area contributed by atoms with E-state index < -0.39 is 6.03 Å². The SMILES string of the molecule is NC(=O)NN=Cc1ccc(O)cc1. The Morgan fingerprint density at radius 3 is 2.62 bits per heavy atom. The van der Waals surface area contributed by atoms with E-state index in [0.717, 1.165) is 5.56 Å². The number of phenols is 1. The highest BCUT2D eigenvalue weighted by atomic mass is 16.3. The van der Waals surface area contributed by atoms with Gasteiger partial charge in [0.2, 0.25) is 0 Å². The van der Waals surface area contributed by atoms with Crippen molar-refractivity contribution in [1.82, 2.24) is 5.43 Å². The minimum atomic E-state index is -0.713. The molecular weight excluding hydrogens is 170 g/mol. The number of primary amides is 1. The number of rotatable bonds is 2. The van der Waals surface area contributed by atoms with Crippen molar-refractivity contribution >= 4 is 12.2 Å². The summed E-state index contributed by atoms with van der Waals surface area (Å²) >= 11 is 0. The van der Waals surface area contributed by atoms with Crippen LogP contribution >= 0.6 is 0 Å². The third kappa shape index (κ3) is 3.24. The Morgan fingerprint density at radius 1 is 1.46 bits per heavy atom. The minimum absolute atomic E-state index is 0.181. The normalized spacial score (nSPS) is 10.2. The molecule has 5 heteroatoms. The summed E-state index contributed by atoms with van der Waals surface area (Å²) in [4.78, 5) is 10.2. The van der Waals surface area contributed by atoms with Gasteiger partial charge >= 0.3 is 6.03 Å². The summed E-state index contributed by atoms with van der Waals surface area (Å²) in [5, 5.41) is 12.5. The smallest absolute Gasteiger partial charge is 0.332 e. The lowest BCUT2D eigenvalue weighted by Gasteiger charge is -1.93. The first kappa shape index (κ1) is 9.05. The highest BCUT2D eigenvalue weighted by Crippen LogP contribution is 2.07. The molecule has 0 aromatic heterocycles. The zero-order valence-electron chi connectivity index (χ0n) is 6.77. The second-order valence-corrected chi connectivity index (χ2v) is 2.33. The quantitative estimate of drug-likeness (QED) is 0.453. The first-order chi connectivity index (χ1) is 6.18. The van der Waals surface area contributed by atoms with Gasteiger partial charge in [-0.05, 0) is 29.8 Å². The van der Waals surface area contributed by atoms with Gasteiger partial charge in [-0.15, -0.1) is 0 Å². The van der Waals surface area contributed by atoms with Crippen LogP contribution in [0.1, 0.15) is 5.56 Å². The van der Waals surface area contributed by atoms with Gasteiger partial charge in [-0.3, -0.25) is 0 Å². The summed E-state index contributed by atoms with van der Waals surface area (Å²) in [6.07, 6.45) is 1.42. The number of hydrogen-bond donors (Lipinski definition) is 3. The third-order valence-corrected chi connectivity index (χ3v) is 1.28. The average molecular weight is 179 g/mol. The van der Waals surface area contributed by atoms with Crippen LogP contribution in [0.2, 0.25) is 0 Å². The highest BCUT2D eigenvalue weighted by Gasteiger charge is 1.88. The average Bonchev–Trinajstić information content (AvgIpc) is 2.08. The van der Waals surface area contributed by atoms with Gasteiger partial charge in [-0.2, -0.15) is 5.10 Å². The molecule has 0 heterocycles. The molecule has 5 nitrogen and oxygen atoms in total. The molecule has 0 aliphatic carbocycles. The van der Waals surface area contributed by atoms with Gasteiger partial charge in [-0.25, -0.2) is 10.2 Å². The number of amides is 2. The van der Waals surface area contributed by atoms with Crippen LogP contribution in [0.3, 0.4) is 0 Å². The van der Waals surface area contributed by atoms with E-state index in [0.29, 0.717) is 0 Å². The van der Waals surface area contributed by atoms with E-state index in [2.05, 4.69) is 10.5 Å². The monoisotopic (exact) mass is 179 g/mol. The molecule has 13 heavy (non-hydrogen) atoms. The molecule has 0 aliphatic rings. The molecule has 1 aromatic rings. The number of benzene rings is 1. The van der Waals surface area contributed by atoms with Crippen LogP contribution in [0.4, 0.5) is 4.79 Å². The van der Waals surface area contributed by atoms with Gasteiger partial charge in [0.1, 0.15) is 5.75 Å². The molecule has 0 bridgehead atoms. The molecule has 0 saturated carbocycles. The van der Waals surface area contributed by atoms with E-state index in [9.17, 15) is 4.79 Å². The second-order valence-electron chi connectivity index (χ2n) is 2.33. The summed E-state index contributed by atoms with van der Waals surface area (Å²) in [6, 6.07) is 5.63. The maximum absolute atomic E-state index is 10.2. The van der Waals surface area contributed by atoms with E-state index in [1.165, 1.54) is 18.3 Å². The summed E-state index contributed by atoms with van der Waals surface area (Å²) in [6.45, 7) is 0. The molecule has 1 aromatic carbocycles. The van der Waals surface area contributed by atoms with Gasteiger partial charge in [0.25, 0.3) is 0 Å².